The fourth-order valence-electron chi connectivity index (χ4n) is 2.42. The van der Waals surface area contributed by atoms with Gasteiger partial charge >= 0.3 is 0 Å². The maximum atomic E-state index is 6.09. The number of thioether (sulfide) groups is 1. The number of nitrogens with zero attached hydrogens (tertiary/aromatic N) is 2. The molecule has 3 nitrogen and oxygen atoms in total. The van der Waals surface area contributed by atoms with Crippen molar-refractivity contribution < 1.29 is 0 Å². The van der Waals surface area contributed by atoms with E-state index in [1.54, 1.807) is 0 Å². The summed E-state index contributed by atoms with van der Waals surface area (Å²) < 4.78 is 2.13. The SMILES string of the molecule is CCC(N)Cc1c(C)nn(CCSc2ccccc2)c1C. The van der Waals surface area contributed by atoms with E-state index in [1.807, 2.05) is 17.8 Å². The standard InChI is InChI=1S/C17H25N3S/c1-4-15(18)12-17-13(2)19-20(14(17)3)10-11-21-16-8-6-5-7-9-16/h5-9,15H,4,10-12,18H2,1-3H3. The Kier molecular flexibility index (Phi) is 5.88. The van der Waals surface area contributed by atoms with Crippen molar-refractivity contribution in [2.75, 3.05) is 5.75 Å². The Balaban J connectivity index is 1.96. The van der Waals surface area contributed by atoms with Crippen LogP contribution in [0.25, 0.3) is 0 Å². The van der Waals surface area contributed by atoms with Gasteiger partial charge in [-0.05, 0) is 44.4 Å². The van der Waals surface area contributed by atoms with Crippen molar-refractivity contribution in [3.63, 3.8) is 0 Å². The molecule has 0 aliphatic carbocycles. The van der Waals surface area contributed by atoms with Crippen LogP contribution in [-0.2, 0) is 13.0 Å². The number of hydrogen-bond donors (Lipinski definition) is 1. The monoisotopic (exact) mass is 303 g/mol. The zero-order valence-corrected chi connectivity index (χ0v) is 14.0. The van der Waals surface area contributed by atoms with E-state index in [4.69, 9.17) is 5.73 Å². The molecule has 1 atom stereocenters. The van der Waals surface area contributed by atoms with E-state index in [1.165, 1.54) is 16.2 Å². The van der Waals surface area contributed by atoms with Gasteiger partial charge in [-0.1, -0.05) is 25.1 Å². The zero-order valence-electron chi connectivity index (χ0n) is 13.2. The van der Waals surface area contributed by atoms with E-state index in [0.29, 0.717) is 0 Å². The van der Waals surface area contributed by atoms with Crippen molar-refractivity contribution in [3.05, 3.63) is 47.3 Å². The number of nitrogens with two attached hydrogens (primary N) is 1. The van der Waals surface area contributed by atoms with E-state index >= 15 is 0 Å². The minimum Gasteiger partial charge on any atom is -0.327 e. The van der Waals surface area contributed by atoms with Gasteiger partial charge in [0.1, 0.15) is 0 Å². The third-order valence-electron chi connectivity index (χ3n) is 3.84. The predicted octanol–water partition coefficient (Wildman–Crippen LogP) is 3.57. The molecule has 0 radical (unpaired) electrons. The third kappa shape index (κ3) is 4.35. The van der Waals surface area contributed by atoms with Gasteiger partial charge in [-0.3, -0.25) is 4.68 Å². The second-order valence-electron chi connectivity index (χ2n) is 5.41. The van der Waals surface area contributed by atoms with Gasteiger partial charge in [0.2, 0.25) is 0 Å². The molecule has 0 spiro atoms. The molecule has 0 aliphatic heterocycles. The molecule has 1 heterocycles. The highest BCUT2D eigenvalue weighted by Gasteiger charge is 2.13. The first-order valence-electron chi connectivity index (χ1n) is 7.58. The smallest absolute Gasteiger partial charge is 0.0629 e. The van der Waals surface area contributed by atoms with Gasteiger partial charge in [0.25, 0.3) is 0 Å². The van der Waals surface area contributed by atoms with Crippen LogP contribution >= 0.6 is 11.8 Å². The molecule has 0 saturated heterocycles. The minimum atomic E-state index is 0.235. The first-order valence-corrected chi connectivity index (χ1v) is 8.56. The van der Waals surface area contributed by atoms with Gasteiger partial charge in [0.15, 0.2) is 0 Å². The Morgan fingerprint density at radius 1 is 1.24 bits per heavy atom. The second kappa shape index (κ2) is 7.66. The summed E-state index contributed by atoms with van der Waals surface area (Å²) in [6.07, 6.45) is 1.94. The first-order chi connectivity index (χ1) is 10.1. The molecule has 2 rings (SSSR count). The molecule has 21 heavy (non-hydrogen) atoms. The van der Waals surface area contributed by atoms with Crippen LogP contribution in [-0.4, -0.2) is 21.6 Å². The van der Waals surface area contributed by atoms with E-state index in [2.05, 4.69) is 54.8 Å². The van der Waals surface area contributed by atoms with E-state index < -0.39 is 0 Å². The summed E-state index contributed by atoms with van der Waals surface area (Å²) in [6, 6.07) is 10.7. The van der Waals surface area contributed by atoms with Gasteiger partial charge in [-0.15, -0.1) is 11.8 Å². The summed E-state index contributed by atoms with van der Waals surface area (Å²) in [5.74, 6) is 1.03. The van der Waals surface area contributed by atoms with E-state index in [-0.39, 0.29) is 6.04 Å². The molecule has 1 aromatic heterocycles. The van der Waals surface area contributed by atoms with Crippen LogP contribution in [0.3, 0.4) is 0 Å². The molecule has 2 aromatic rings. The minimum absolute atomic E-state index is 0.235. The Labute approximate surface area is 131 Å². The van der Waals surface area contributed by atoms with Crippen LogP contribution < -0.4 is 5.73 Å². The molecule has 0 fully saturated rings. The van der Waals surface area contributed by atoms with Gasteiger partial charge in [0, 0.05) is 22.4 Å². The third-order valence-corrected chi connectivity index (χ3v) is 4.83. The highest BCUT2D eigenvalue weighted by molar-refractivity contribution is 7.99. The zero-order chi connectivity index (χ0) is 15.2. The van der Waals surface area contributed by atoms with Crippen molar-refractivity contribution in [2.24, 2.45) is 5.73 Å². The molecule has 1 aromatic carbocycles. The molecular formula is C17H25N3S. The summed E-state index contributed by atoms with van der Waals surface area (Å²) >= 11 is 1.87. The average Bonchev–Trinajstić information content (AvgIpc) is 2.76. The summed E-state index contributed by atoms with van der Waals surface area (Å²) in [5, 5.41) is 4.68. The van der Waals surface area contributed by atoms with Gasteiger partial charge < -0.3 is 5.73 Å². The van der Waals surface area contributed by atoms with Gasteiger partial charge in [-0.2, -0.15) is 5.10 Å². The van der Waals surface area contributed by atoms with Gasteiger partial charge in [0.05, 0.1) is 12.2 Å². The van der Waals surface area contributed by atoms with Crippen molar-refractivity contribution in [1.82, 2.24) is 9.78 Å². The van der Waals surface area contributed by atoms with Crippen LogP contribution in [0.2, 0.25) is 0 Å². The normalized spacial score (nSPS) is 12.6. The van der Waals surface area contributed by atoms with E-state index in [0.717, 1.165) is 30.8 Å². The van der Waals surface area contributed by atoms with Gasteiger partial charge in [-0.25, -0.2) is 0 Å². The highest BCUT2D eigenvalue weighted by atomic mass is 32.2. The Bertz CT molecular complexity index is 563. The lowest BCUT2D eigenvalue weighted by molar-refractivity contribution is 0.628. The Morgan fingerprint density at radius 3 is 2.62 bits per heavy atom. The van der Waals surface area contributed by atoms with Crippen LogP contribution in [0.5, 0.6) is 0 Å². The summed E-state index contributed by atoms with van der Waals surface area (Å²) in [6.45, 7) is 7.32. The van der Waals surface area contributed by atoms with E-state index in [9.17, 15) is 0 Å². The molecule has 0 aliphatic rings. The average molecular weight is 303 g/mol. The lowest BCUT2D eigenvalue weighted by atomic mass is 10.0. The fraction of sp³-hybridized carbons (Fsp3) is 0.471. The number of rotatable bonds is 7. The lowest BCUT2D eigenvalue weighted by Gasteiger charge is -2.09. The van der Waals surface area contributed by atoms with Crippen molar-refractivity contribution in [2.45, 2.75) is 51.1 Å². The quantitative estimate of drug-likeness (QED) is 0.795. The van der Waals surface area contributed by atoms with Crippen LogP contribution in [0.1, 0.15) is 30.3 Å². The lowest BCUT2D eigenvalue weighted by Crippen LogP contribution is -2.22. The predicted molar refractivity (Wildman–Crippen MR) is 90.8 cm³/mol. The second-order valence-corrected chi connectivity index (χ2v) is 6.57. The van der Waals surface area contributed by atoms with Crippen molar-refractivity contribution >= 4 is 11.8 Å². The summed E-state index contributed by atoms with van der Waals surface area (Å²) in [5.41, 5.74) is 9.81. The van der Waals surface area contributed by atoms with Crippen molar-refractivity contribution in [1.29, 1.82) is 0 Å². The van der Waals surface area contributed by atoms with Crippen molar-refractivity contribution in [3.8, 4) is 0 Å². The summed E-state index contributed by atoms with van der Waals surface area (Å²) in [4.78, 5) is 1.31. The molecule has 0 bridgehead atoms. The molecule has 1 unspecified atom stereocenters. The first kappa shape index (κ1) is 16.1. The largest absolute Gasteiger partial charge is 0.327 e. The number of benzene rings is 1. The van der Waals surface area contributed by atoms with Crippen LogP contribution in [0.15, 0.2) is 35.2 Å². The molecular weight excluding hydrogens is 278 g/mol. The summed E-state index contributed by atoms with van der Waals surface area (Å²) in [7, 11) is 0. The molecule has 0 saturated carbocycles. The van der Waals surface area contributed by atoms with Crippen LogP contribution in [0.4, 0.5) is 0 Å². The molecule has 2 N–H and O–H groups in total. The Morgan fingerprint density at radius 2 is 1.95 bits per heavy atom. The molecule has 0 amide bonds. The maximum Gasteiger partial charge on any atom is 0.0629 e. The molecule has 4 heteroatoms. The Hall–Kier alpha value is -1.26. The number of aromatic nitrogens is 2. The highest BCUT2D eigenvalue weighted by Crippen LogP contribution is 2.19. The maximum absolute atomic E-state index is 6.09. The fourth-order valence-corrected chi connectivity index (χ4v) is 3.27. The molecule has 114 valence electrons. The number of hydrogen-bond acceptors (Lipinski definition) is 3. The number of aryl methyl sites for hydroxylation is 2. The topological polar surface area (TPSA) is 43.8 Å². The van der Waals surface area contributed by atoms with Crippen LogP contribution in [0, 0.1) is 13.8 Å².